The van der Waals surface area contributed by atoms with Crippen LogP contribution in [0, 0.1) is 5.92 Å². The van der Waals surface area contributed by atoms with E-state index in [1.807, 2.05) is 48.9 Å². The zero-order chi connectivity index (χ0) is 21.6. The first kappa shape index (κ1) is 24.5. The van der Waals surface area contributed by atoms with E-state index in [4.69, 9.17) is 0 Å². The lowest BCUT2D eigenvalue weighted by Crippen LogP contribution is -2.52. The average Bonchev–Trinajstić information content (AvgIpc) is 3.08. The number of halogens is 1. The molecule has 4 rings (SSSR count). The molecule has 2 fully saturated rings. The summed E-state index contributed by atoms with van der Waals surface area (Å²) in [6, 6.07) is 10.7. The molecule has 32 heavy (non-hydrogen) atoms. The Bertz CT molecular complexity index is 836. The molecular weight excluding hydrogens is 426 g/mol. The second kappa shape index (κ2) is 11.6. The van der Waals surface area contributed by atoms with Crippen molar-refractivity contribution in [2.45, 2.75) is 71.0 Å². The third-order valence-corrected chi connectivity index (χ3v) is 6.55. The van der Waals surface area contributed by atoms with Crippen molar-refractivity contribution in [3.05, 3.63) is 36.2 Å². The van der Waals surface area contributed by atoms with E-state index in [-0.39, 0.29) is 24.5 Å². The number of hydrogen-bond acceptors (Lipinski definition) is 5. The maximum absolute atomic E-state index is 12.8. The maximum Gasteiger partial charge on any atom is 0.317 e. The Hall–Kier alpha value is -2.19. The standard InChI is InChI=1S/C23H35N7O.ClH/c1-18(2)24-23(31)29-14-8-4-7-11-21(29)19-12-15-28(16-13-19)17-22-25-26-27-30(22)20-9-5-3-6-10-20;/h3,5-6,9-10,18-19,21H,4,7-8,11-17H2,1-2H3,(H,24,31);1H. The number of carbonyl (C=O) groups is 1. The summed E-state index contributed by atoms with van der Waals surface area (Å²) in [4.78, 5) is 17.4. The van der Waals surface area contributed by atoms with E-state index in [1.165, 1.54) is 12.8 Å². The van der Waals surface area contributed by atoms with Gasteiger partial charge in [-0.2, -0.15) is 4.68 Å². The first-order valence-electron chi connectivity index (χ1n) is 11.7. The van der Waals surface area contributed by atoms with Crippen LogP contribution in [0.2, 0.25) is 0 Å². The van der Waals surface area contributed by atoms with Gasteiger partial charge in [0.05, 0.1) is 12.2 Å². The smallest absolute Gasteiger partial charge is 0.317 e. The van der Waals surface area contributed by atoms with Gasteiger partial charge in [-0.15, -0.1) is 17.5 Å². The van der Waals surface area contributed by atoms with Crippen molar-refractivity contribution in [3.63, 3.8) is 0 Å². The number of urea groups is 1. The summed E-state index contributed by atoms with van der Waals surface area (Å²) in [5.41, 5.74) is 0.989. The predicted octanol–water partition coefficient (Wildman–Crippen LogP) is 3.66. The number of nitrogens with one attached hydrogen (secondary N) is 1. The molecule has 0 spiro atoms. The van der Waals surface area contributed by atoms with Crippen LogP contribution in [-0.4, -0.2) is 67.8 Å². The van der Waals surface area contributed by atoms with Gasteiger partial charge in [0.1, 0.15) is 0 Å². The molecule has 2 aromatic rings. The summed E-state index contributed by atoms with van der Waals surface area (Å²) in [6.07, 6.45) is 6.92. The number of hydrogen-bond donors (Lipinski definition) is 1. The lowest BCUT2D eigenvalue weighted by Gasteiger charge is -2.40. The lowest BCUT2D eigenvalue weighted by molar-refractivity contribution is 0.0961. The number of nitrogens with zero attached hydrogens (tertiary/aromatic N) is 6. The number of para-hydroxylation sites is 1. The van der Waals surface area contributed by atoms with Gasteiger partial charge < -0.3 is 10.2 Å². The van der Waals surface area contributed by atoms with Crippen LogP contribution in [0.4, 0.5) is 4.79 Å². The Balaban J connectivity index is 0.00000289. The van der Waals surface area contributed by atoms with Crippen LogP contribution in [-0.2, 0) is 6.54 Å². The van der Waals surface area contributed by atoms with Gasteiger partial charge in [0, 0.05) is 18.6 Å². The molecule has 2 aliphatic rings. The third kappa shape index (κ3) is 5.98. The molecule has 176 valence electrons. The van der Waals surface area contributed by atoms with Crippen LogP contribution in [0.3, 0.4) is 0 Å². The minimum Gasteiger partial charge on any atom is -0.336 e. The van der Waals surface area contributed by atoms with E-state index in [0.29, 0.717) is 12.0 Å². The van der Waals surface area contributed by atoms with E-state index in [9.17, 15) is 4.79 Å². The molecule has 1 N–H and O–H groups in total. The van der Waals surface area contributed by atoms with E-state index in [0.717, 1.165) is 63.4 Å². The van der Waals surface area contributed by atoms with Crippen LogP contribution in [0.25, 0.3) is 5.69 Å². The molecule has 0 bridgehead atoms. The van der Waals surface area contributed by atoms with Gasteiger partial charge in [-0.05, 0) is 81.1 Å². The van der Waals surface area contributed by atoms with Crippen LogP contribution >= 0.6 is 12.4 Å². The summed E-state index contributed by atoms with van der Waals surface area (Å²) < 4.78 is 1.83. The molecule has 2 amide bonds. The fraction of sp³-hybridized carbons (Fsp3) is 0.652. The quantitative estimate of drug-likeness (QED) is 0.735. The van der Waals surface area contributed by atoms with Crippen molar-refractivity contribution >= 4 is 18.4 Å². The van der Waals surface area contributed by atoms with Crippen molar-refractivity contribution in [2.24, 2.45) is 5.92 Å². The fourth-order valence-corrected chi connectivity index (χ4v) is 4.98. The Morgan fingerprint density at radius 2 is 1.81 bits per heavy atom. The first-order valence-corrected chi connectivity index (χ1v) is 11.7. The van der Waals surface area contributed by atoms with Gasteiger partial charge >= 0.3 is 6.03 Å². The monoisotopic (exact) mass is 461 g/mol. The minimum absolute atomic E-state index is 0. The Kier molecular flexibility index (Phi) is 8.87. The van der Waals surface area contributed by atoms with Gasteiger partial charge in [0.2, 0.25) is 0 Å². The molecule has 8 nitrogen and oxygen atoms in total. The van der Waals surface area contributed by atoms with Crippen LogP contribution in [0.1, 0.15) is 58.2 Å². The molecule has 0 aliphatic carbocycles. The number of carbonyl (C=O) groups excluding carboxylic acids is 1. The van der Waals surface area contributed by atoms with E-state index in [1.54, 1.807) is 0 Å². The summed E-state index contributed by atoms with van der Waals surface area (Å²) in [5.74, 6) is 1.44. The number of aromatic nitrogens is 4. The van der Waals surface area contributed by atoms with Gasteiger partial charge in [0.25, 0.3) is 0 Å². The average molecular weight is 462 g/mol. The SMILES string of the molecule is CC(C)NC(=O)N1CCCCCC1C1CCN(Cc2nnnn2-c2ccccc2)CC1.Cl. The summed E-state index contributed by atoms with van der Waals surface area (Å²) >= 11 is 0. The molecule has 1 unspecified atom stereocenters. The third-order valence-electron chi connectivity index (χ3n) is 6.55. The summed E-state index contributed by atoms with van der Waals surface area (Å²) in [7, 11) is 0. The number of tetrazole rings is 1. The highest BCUT2D eigenvalue weighted by atomic mass is 35.5. The van der Waals surface area contributed by atoms with E-state index >= 15 is 0 Å². The molecule has 2 saturated heterocycles. The number of piperidine rings is 1. The molecular formula is C23H36ClN7O. The van der Waals surface area contributed by atoms with E-state index in [2.05, 4.69) is 30.6 Å². The molecule has 1 aromatic heterocycles. The van der Waals surface area contributed by atoms with Gasteiger partial charge in [0.15, 0.2) is 5.82 Å². The molecule has 1 atom stereocenters. The summed E-state index contributed by atoms with van der Waals surface area (Å²) in [5, 5.41) is 15.5. The number of rotatable bonds is 5. The van der Waals surface area contributed by atoms with Crippen molar-refractivity contribution in [3.8, 4) is 5.69 Å². The number of benzene rings is 1. The van der Waals surface area contributed by atoms with Gasteiger partial charge in [-0.3, -0.25) is 4.90 Å². The predicted molar refractivity (Wildman–Crippen MR) is 127 cm³/mol. The summed E-state index contributed by atoms with van der Waals surface area (Å²) in [6.45, 7) is 7.73. The highest BCUT2D eigenvalue weighted by Gasteiger charge is 2.34. The zero-order valence-corrected chi connectivity index (χ0v) is 20.0. The Morgan fingerprint density at radius 3 is 2.53 bits per heavy atom. The Labute approximate surface area is 197 Å². The normalized spacial score (nSPS) is 20.6. The number of amides is 2. The first-order chi connectivity index (χ1) is 15.1. The molecule has 3 heterocycles. The fourth-order valence-electron chi connectivity index (χ4n) is 4.98. The topological polar surface area (TPSA) is 79.2 Å². The number of likely N-dealkylation sites (tertiary alicyclic amines) is 2. The van der Waals surface area contributed by atoms with Crippen LogP contribution in [0.15, 0.2) is 30.3 Å². The van der Waals surface area contributed by atoms with Gasteiger partial charge in [-0.25, -0.2) is 4.79 Å². The Morgan fingerprint density at radius 1 is 1.06 bits per heavy atom. The highest BCUT2D eigenvalue weighted by Crippen LogP contribution is 2.30. The molecule has 2 aliphatic heterocycles. The molecule has 9 heteroatoms. The van der Waals surface area contributed by atoms with Gasteiger partial charge in [-0.1, -0.05) is 31.0 Å². The largest absolute Gasteiger partial charge is 0.336 e. The van der Waals surface area contributed by atoms with Crippen molar-refractivity contribution in [1.29, 1.82) is 0 Å². The highest BCUT2D eigenvalue weighted by molar-refractivity contribution is 5.85. The minimum atomic E-state index is 0. The van der Waals surface area contributed by atoms with Crippen molar-refractivity contribution in [1.82, 2.24) is 35.3 Å². The van der Waals surface area contributed by atoms with Crippen molar-refractivity contribution < 1.29 is 4.79 Å². The maximum atomic E-state index is 12.8. The molecule has 0 radical (unpaired) electrons. The second-order valence-electron chi connectivity index (χ2n) is 9.17. The zero-order valence-electron chi connectivity index (χ0n) is 19.2. The lowest BCUT2D eigenvalue weighted by atomic mass is 9.86. The van der Waals surface area contributed by atoms with Crippen LogP contribution in [0.5, 0.6) is 0 Å². The van der Waals surface area contributed by atoms with E-state index < -0.39 is 0 Å². The van der Waals surface area contributed by atoms with Crippen LogP contribution < -0.4 is 5.32 Å². The van der Waals surface area contributed by atoms with Crippen molar-refractivity contribution in [2.75, 3.05) is 19.6 Å². The second-order valence-corrected chi connectivity index (χ2v) is 9.17. The molecule has 1 aromatic carbocycles. The molecule has 0 saturated carbocycles.